The molecule has 3 aromatic heterocycles. The molecule has 1 fully saturated rings. The fraction of sp³-hybridized carbons (Fsp3) is 0.273. The van der Waals surface area contributed by atoms with Crippen LogP contribution in [0.4, 0.5) is 19.0 Å². The highest BCUT2D eigenvalue weighted by atomic mass is 35.5. The summed E-state index contributed by atoms with van der Waals surface area (Å²) in [6, 6.07) is 9.01. The molecule has 1 aliphatic rings. The van der Waals surface area contributed by atoms with Crippen LogP contribution in [0.15, 0.2) is 36.4 Å². The van der Waals surface area contributed by atoms with Crippen LogP contribution in [0.3, 0.4) is 0 Å². The van der Waals surface area contributed by atoms with Gasteiger partial charge in [-0.05, 0) is 43.5 Å². The van der Waals surface area contributed by atoms with Gasteiger partial charge in [-0.1, -0.05) is 29.3 Å². The van der Waals surface area contributed by atoms with Crippen molar-refractivity contribution >= 4 is 40.6 Å². The Labute approximate surface area is 201 Å². The number of carbonyl (C=O) groups excluding carboxylic acids is 1. The van der Waals surface area contributed by atoms with Crippen LogP contribution in [0.2, 0.25) is 10.0 Å². The van der Waals surface area contributed by atoms with Crippen LogP contribution in [-0.4, -0.2) is 30.3 Å². The number of nitrogens with zero attached hydrogens (tertiary/aromatic N) is 5. The summed E-state index contributed by atoms with van der Waals surface area (Å²) in [5.41, 5.74) is 0.708. The van der Waals surface area contributed by atoms with E-state index in [4.69, 9.17) is 23.2 Å². The zero-order valence-corrected chi connectivity index (χ0v) is 19.2. The van der Waals surface area contributed by atoms with Gasteiger partial charge < -0.3 is 5.32 Å². The van der Waals surface area contributed by atoms with Gasteiger partial charge in [0.05, 0.1) is 6.54 Å². The Morgan fingerprint density at radius 1 is 1.15 bits per heavy atom. The number of aromatic nitrogens is 5. The molecule has 1 saturated carbocycles. The van der Waals surface area contributed by atoms with Gasteiger partial charge in [0.1, 0.15) is 5.69 Å². The second kappa shape index (κ2) is 8.28. The Kier molecular flexibility index (Phi) is 5.52. The second-order valence-corrected chi connectivity index (χ2v) is 9.00. The van der Waals surface area contributed by atoms with Gasteiger partial charge >= 0.3 is 6.18 Å². The third kappa shape index (κ3) is 4.47. The number of benzene rings is 1. The summed E-state index contributed by atoms with van der Waals surface area (Å²) in [7, 11) is 0. The molecule has 12 heteroatoms. The number of amides is 1. The first-order valence-electron chi connectivity index (χ1n) is 10.4. The van der Waals surface area contributed by atoms with Gasteiger partial charge in [0, 0.05) is 39.5 Å². The van der Waals surface area contributed by atoms with Crippen molar-refractivity contribution in [2.45, 2.75) is 38.4 Å². The maximum atomic E-state index is 13.6. The molecular weight excluding hydrogens is 492 g/mol. The molecule has 176 valence electrons. The minimum Gasteiger partial charge on any atom is -0.304 e. The van der Waals surface area contributed by atoms with Gasteiger partial charge in [-0.15, -0.1) is 0 Å². The molecule has 0 radical (unpaired) electrons. The maximum absolute atomic E-state index is 13.6. The summed E-state index contributed by atoms with van der Waals surface area (Å²) >= 11 is 12.2. The highest BCUT2D eigenvalue weighted by Crippen LogP contribution is 2.41. The third-order valence-electron chi connectivity index (χ3n) is 5.52. The fourth-order valence-corrected chi connectivity index (χ4v) is 4.09. The first-order chi connectivity index (χ1) is 16.1. The summed E-state index contributed by atoms with van der Waals surface area (Å²) in [6.07, 6.45) is -3.04. The lowest BCUT2D eigenvalue weighted by atomic mass is 10.2. The van der Waals surface area contributed by atoms with E-state index in [0.29, 0.717) is 26.8 Å². The summed E-state index contributed by atoms with van der Waals surface area (Å²) in [5, 5.41) is 11.8. The minimum absolute atomic E-state index is 0.0133. The molecule has 1 N–H and O–H groups in total. The van der Waals surface area contributed by atoms with E-state index in [1.807, 2.05) is 0 Å². The number of carbonyl (C=O) groups is 1. The monoisotopic (exact) mass is 508 g/mol. The van der Waals surface area contributed by atoms with E-state index in [-0.39, 0.29) is 23.1 Å². The summed E-state index contributed by atoms with van der Waals surface area (Å²) in [6.45, 7) is 2.14. The number of hydrogen-bond donors (Lipinski definition) is 1. The van der Waals surface area contributed by atoms with Crippen LogP contribution < -0.4 is 5.32 Å². The number of rotatable bonds is 5. The Bertz CT molecular complexity index is 1420. The van der Waals surface area contributed by atoms with E-state index in [1.165, 1.54) is 6.07 Å². The van der Waals surface area contributed by atoms with Crippen LogP contribution in [0.1, 0.15) is 51.9 Å². The molecule has 1 aliphatic carbocycles. The maximum Gasteiger partial charge on any atom is 0.433 e. The molecule has 0 saturated heterocycles. The lowest BCUT2D eigenvalue weighted by molar-refractivity contribution is -0.142. The van der Waals surface area contributed by atoms with Crippen molar-refractivity contribution in [3.05, 3.63) is 74.8 Å². The second-order valence-electron chi connectivity index (χ2n) is 8.16. The Balaban J connectivity index is 1.40. The summed E-state index contributed by atoms with van der Waals surface area (Å²) < 4.78 is 43.1. The van der Waals surface area contributed by atoms with Crippen molar-refractivity contribution in [2.24, 2.45) is 0 Å². The van der Waals surface area contributed by atoms with Crippen LogP contribution in [0, 0.1) is 6.92 Å². The van der Waals surface area contributed by atoms with E-state index < -0.39 is 17.8 Å². The molecule has 0 atom stereocenters. The van der Waals surface area contributed by atoms with Crippen LogP contribution in [-0.2, 0) is 12.7 Å². The quantitative estimate of drug-likeness (QED) is 0.373. The van der Waals surface area contributed by atoms with E-state index in [1.54, 1.807) is 35.9 Å². The van der Waals surface area contributed by atoms with Crippen molar-refractivity contribution in [1.82, 2.24) is 24.4 Å². The standard InChI is InChI=1S/C22H17Cl2F3N6O/c1-11-6-19(31-32(11)10-13-4-5-14(23)7-15(13)24)29-21(34)17-9-20-28-16(12-2-3-12)8-18(22(25,26)27)33(20)30-17/h4-9,12H,2-3,10H2,1H3,(H,29,31,34). The lowest BCUT2D eigenvalue weighted by Gasteiger charge is -2.10. The molecule has 0 bridgehead atoms. The summed E-state index contributed by atoms with van der Waals surface area (Å²) in [4.78, 5) is 17.0. The predicted octanol–water partition coefficient (Wildman–Crippen LogP) is 5.74. The number of halogens is 5. The van der Waals surface area contributed by atoms with Gasteiger partial charge in [-0.25, -0.2) is 9.50 Å². The normalized spacial score (nSPS) is 14.1. The van der Waals surface area contributed by atoms with Crippen molar-refractivity contribution in [3.63, 3.8) is 0 Å². The summed E-state index contributed by atoms with van der Waals surface area (Å²) in [5.74, 6) is -0.451. The zero-order valence-electron chi connectivity index (χ0n) is 17.7. The number of nitrogens with one attached hydrogen (secondary N) is 1. The van der Waals surface area contributed by atoms with Crippen molar-refractivity contribution in [1.29, 1.82) is 0 Å². The van der Waals surface area contributed by atoms with Crippen LogP contribution >= 0.6 is 23.2 Å². The number of hydrogen-bond acceptors (Lipinski definition) is 4. The Morgan fingerprint density at radius 2 is 1.91 bits per heavy atom. The lowest BCUT2D eigenvalue weighted by Crippen LogP contribution is -2.16. The molecule has 4 aromatic rings. The number of anilines is 1. The molecule has 0 aliphatic heterocycles. The van der Waals surface area contributed by atoms with Crippen molar-refractivity contribution in [3.8, 4) is 0 Å². The van der Waals surface area contributed by atoms with E-state index >= 15 is 0 Å². The predicted molar refractivity (Wildman–Crippen MR) is 120 cm³/mol. The first kappa shape index (κ1) is 22.7. The Morgan fingerprint density at radius 3 is 2.59 bits per heavy atom. The highest BCUT2D eigenvalue weighted by Gasteiger charge is 2.37. The molecule has 0 unspecified atom stereocenters. The topological polar surface area (TPSA) is 77.1 Å². The van der Waals surface area contributed by atoms with Gasteiger partial charge in [-0.3, -0.25) is 9.48 Å². The van der Waals surface area contributed by atoms with Crippen LogP contribution in [0.25, 0.3) is 5.65 Å². The van der Waals surface area contributed by atoms with E-state index in [9.17, 15) is 18.0 Å². The smallest absolute Gasteiger partial charge is 0.304 e. The fourth-order valence-electron chi connectivity index (χ4n) is 3.62. The van der Waals surface area contributed by atoms with Gasteiger partial charge in [-0.2, -0.15) is 23.4 Å². The average Bonchev–Trinajstić information content (AvgIpc) is 3.42. The molecule has 7 nitrogen and oxygen atoms in total. The number of alkyl halides is 3. The molecule has 0 spiro atoms. The molecular formula is C22H17Cl2F3N6O. The third-order valence-corrected chi connectivity index (χ3v) is 6.11. The molecule has 3 heterocycles. The highest BCUT2D eigenvalue weighted by molar-refractivity contribution is 6.35. The van der Waals surface area contributed by atoms with Gasteiger partial charge in [0.2, 0.25) is 0 Å². The van der Waals surface area contributed by atoms with E-state index in [2.05, 4.69) is 20.5 Å². The Hall–Kier alpha value is -3.11. The molecule has 34 heavy (non-hydrogen) atoms. The zero-order chi connectivity index (χ0) is 24.2. The molecule has 1 amide bonds. The van der Waals surface area contributed by atoms with Crippen LogP contribution in [0.5, 0.6) is 0 Å². The molecule has 5 rings (SSSR count). The van der Waals surface area contributed by atoms with Gasteiger partial charge in [0.25, 0.3) is 5.91 Å². The largest absolute Gasteiger partial charge is 0.433 e. The van der Waals surface area contributed by atoms with E-state index in [0.717, 1.165) is 30.2 Å². The minimum atomic E-state index is -4.64. The van der Waals surface area contributed by atoms with Crippen molar-refractivity contribution < 1.29 is 18.0 Å². The van der Waals surface area contributed by atoms with Crippen molar-refractivity contribution in [2.75, 3.05) is 5.32 Å². The first-order valence-corrected chi connectivity index (χ1v) is 11.1. The van der Waals surface area contributed by atoms with Gasteiger partial charge in [0.15, 0.2) is 17.2 Å². The SMILES string of the molecule is Cc1cc(NC(=O)c2cc3nc(C4CC4)cc(C(F)(F)F)n3n2)nn1Cc1ccc(Cl)cc1Cl. The molecule has 1 aromatic carbocycles. The number of aryl methyl sites for hydroxylation is 1. The number of fused-ring (bicyclic) bond motifs is 1. The average molecular weight is 509 g/mol.